The quantitative estimate of drug-likeness (QED) is 0.850. The van der Waals surface area contributed by atoms with Crippen molar-refractivity contribution >= 4 is 5.97 Å². The van der Waals surface area contributed by atoms with Crippen molar-refractivity contribution in [3.05, 3.63) is 34.9 Å². The third kappa shape index (κ3) is 1.84. The van der Waals surface area contributed by atoms with Crippen LogP contribution in [0.5, 0.6) is 0 Å². The van der Waals surface area contributed by atoms with Crippen molar-refractivity contribution in [2.24, 2.45) is 5.41 Å². The molecule has 0 heterocycles. The van der Waals surface area contributed by atoms with E-state index in [4.69, 9.17) is 5.11 Å². The maximum atomic E-state index is 11.1. The number of benzene rings is 1. The molecule has 98 valence electrons. The van der Waals surface area contributed by atoms with Gasteiger partial charge in [-0.15, -0.1) is 0 Å². The average molecular weight is 246 g/mol. The Morgan fingerprint density at radius 3 is 2.33 bits per heavy atom. The third-order valence-electron chi connectivity index (χ3n) is 5.07. The van der Waals surface area contributed by atoms with Gasteiger partial charge in [0, 0.05) is 0 Å². The van der Waals surface area contributed by atoms with Gasteiger partial charge < -0.3 is 5.11 Å². The number of aryl methyl sites for hydroxylation is 1. The molecule has 0 amide bonds. The van der Waals surface area contributed by atoms with Gasteiger partial charge in [-0.2, -0.15) is 0 Å². The largest absolute Gasteiger partial charge is 0.478 e. The van der Waals surface area contributed by atoms with Crippen LogP contribution < -0.4 is 0 Å². The number of hydrogen-bond donors (Lipinski definition) is 1. The van der Waals surface area contributed by atoms with Crippen LogP contribution in [0.3, 0.4) is 0 Å². The van der Waals surface area contributed by atoms with Gasteiger partial charge in [0.25, 0.3) is 0 Å². The van der Waals surface area contributed by atoms with Crippen LogP contribution in [-0.2, 0) is 5.41 Å². The smallest absolute Gasteiger partial charge is 0.335 e. The Balaban J connectivity index is 2.47. The Morgan fingerprint density at radius 1 is 1.22 bits per heavy atom. The van der Waals surface area contributed by atoms with E-state index in [2.05, 4.69) is 26.8 Å². The Labute approximate surface area is 109 Å². The molecule has 0 saturated heterocycles. The number of rotatable bonds is 2. The second-order valence-corrected chi connectivity index (χ2v) is 6.40. The first kappa shape index (κ1) is 13.1. The van der Waals surface area contributed by atoms with Crippen molar-refractivity contribution in [2.75, 3.05) is 0 Å². The summed E-state index contributed by atoms with van der Waals surface area (Å²) >= 11 is 0. The molecule has 2 heteroatoms. The van der Waals surface area contributed by atoms with Crippen molar-refractivity contribution < 1.29 is 9.90 Å². The summed E-state index contributed by atoms with van der Waals surface area (Å²) in [6.45, 7) is 8.84. The molecule has 0 spiro atoms. The predicted molar refractivity (Wildman–Crippen MR) is 73.1 cm³/mol. The first-order chi connectivity index (χ1) is 8.28. The van der Waals surface area contributed by atoms with E-state index >= 15 is 0 Å². The van der Waals surface area contributed by atoms with Gasteiger partial charge in [0.1, 0.15) is 0 Å². The lowest BCUT2D eigenvalue weighted by atomic mass is 9.65. The van der Waals surface area contributed by atoms with Gasteiger partial charge in [0.15, 0.2) is 0 Å². The van der Waals surface area contributed by atoms with E-state index in [1.54, 1.807) is 6.07 Å². The normalized spacial score (nSPS) is 26.2. The van der Waals surface area contributed by atoms with Crippen molar-refractivity contribution in [3.63, 3.8) is 0 Å². The predicted octanol–water partition coefficient (Wildman–Crippen LogP) is 4.16. The highest BCUT2D eigenvalue weighted by atomic mass is 16.4. The Morgan fingerprint density at radius 2 is 1.89 bits per heavy atom. The van der Waals surface area contributed by atoms with E-state index < -0.39 is 5.97 Å². The Bertz CT molecular complexity index is 488. The first-order valence-electron chi connectivity index (χ1n) is 6.62. The fraction of sp³-hybridized carbons (Fsp3) is 0.562. The van der Waals surface area contributed by atoms with E-state index in [9.17, 15) is 4.79 Å². The molecule has 2 rings (SSSR count). The van der Waals surface area contributed by atoms with Crippen LogP contribution in [0.25, 0.3) is 0 Å². The van der Waals surface area contributed by atoms with Gasteiger partial charge in [-0.1, -0.05) is 39.3 Å². The monoisotopic (exact) mass is 246 g/mol. The van der Waals surface area contributed by atoms with E-state index in [1.807, 2.05) is 13.0 Å². The zero-order valence-corrected chi connectivity index (χ0v) is 11.7. The molecule has 1 fully saturated rings. The van der Waals surface area contributed by atoms with E-state index in [0.717, 1.165) is 5.56 Å². The van der Waals surface area contributed by atoms with E-state index in [-0.39, 0.29) is 10.8 Å². The van der Waals surface area contributed by atoms with Gasteiger partial charge in [-0.25, -0.2) is 4.79 Å². The Kier molecular flexibility index (Phi) is 3.00. The van der Waals surface area contributed by atoms with Crippen molar-refractivity contribution in [3.8, 4) is 0 Å². The van der Waals surface area contributed by atoms with Gasteiger partial charge in [0.2, 0.25) is 0 Å². The lowest BCUT2D eigenvalue weighted by Crippen LogP contribution is -2.34. The van der Waals surface area contributed by atoms with Gasteiger partial charge >= 0.3 is 5.97 Å². The van der Waals surface area contributed by atoms with E-state index in [1.165, 1.54) is 24.8 Å². The summed E-state index contributed by atoms with van der Waals surface area (Å²) in [4.78, 5) is 11.1. The third-order valence-corrected chi connectivity index (χ3v) is 5.07. The summed E-state index contributed by atoms with van der Waals surface area (Å²) in [6.07, 6.45) is 3.68. The highest BCUT2D eigenvalue weighted by molar-refractivity contribution is 5.89. The molecule has 0 radical (unpaired) electrons. The molecule has 1 unspecified atom stereocenters. The number of hydrogen-bond acceptors (Lipinski definition) is 1. The van der Waals surface area contributed by atoms with Crippen LogP contribution in [0.1, 0.15) is 61.5 Å². The minimum absolute atomic E-state index is 0.162. The van der Waals surface area contributed by atoms with Crippen LogP contribution in [0, 0.1) is 12.3 Å². The highest BCUT2D eigenvalue weighted by Gasteiger charge is 2.46. The van der Waals surface area contributed by atoms with Crippen molar-refractivity contribution in [1.29, 1.82) is 0 Å². The van der Waals surface area contributed by atoms with Crippen molar-refractivity contribution in [1.82, 2.24) is 0 Å². The SMILES string of the molecule is Cc1cc(C2(C)CCCC2(C)C)ccc1C(=O)O. The maximum absolute atomic E-state index is 11.1. The zero-order valence-electron chi connectivity index (χ0n) is 11.7. The topological polar surface area (TPSA) is 37.3 Å². The Hall–Kier alpha value is -1.31. The number of carboxylic acid groups (broad SMARTS) is 1. The molecule has 1 aromatic rings. The fourth-order valence-electron chi connectivity index (χ4n) is 3.28. The molecule has 0 bridgehead atoms. The lowest BCUT2D eigenvalue weighted by molar-refractivity contribution is 0.0696. The molecule has 1 saturated carbocycles. The molecular formula is C16H22O2. The van der Waals surface area contributed by atoms with Gasteiger partial charge in [-0.05, 0) is 47.8 Å². The molecule has 1 N–H and O–H groups in total. The minimum Gasteiger partial charge on any atom is -0.478 e. The second kappa shape index (κ2) is 4.11. The standard InChI is InChI=1S/C16H22O2/c1-11-10-12(6-7-13(11)14(17)18)16(4)9-5-8-15(16,2)3/h6-7,10H,5,8-9H2,1-4H3,(H,17,18). The molecule has 1 aliphatic carbocycles. The molecule has 18 heavy (non-hydrogen) atoms. The van der Waals surface area contributed by atoms with Crippen LogP contribution >= 0.6 is 0 Å². The van der Waals surface area contributed by atoms with Crippen LogP contribution in [0.15, 0.2) is 18.2 Å². The van der Waals surface area contributed by atoms with Crippen LogP contribution in [-0.4, -0.2) is 11.1 Å². The summed E-state index contributed by atoms with van der Waals surface area (Å²) in [5.41, 5.74) is 3.01. The van der Waals surface area contributed by atoms with Crippen molar-refractivity contribution in [2.45, 2.75) is 52.4 Å². The number of carboxylic acids is 1. The maximum Gasteiger partial charge on any atom is 0.335 e. The average Bonchev–Trinajstić information content (AvgIpc) is 2.54. The summed E-state index contributed by atoms with van der Waals surface area (Å²) in [6, 6.07) is 5.83. The molecule has 0 aliphatic heterocycles. The number of carbonyl (C=O) groups is 1. The highest BCUT2D eigenvalue weighted by Crippen LogP contribution is 2.53. The molecule has 2 nitrogen and oxygen atoms in total. The summed E-state index contributed by atoms with van der Waals surface area (Å²) in [5.74, 6) is -0.838. The van der Waals surface area contributed by atoms with Crippen LogP contribution in [0.4, 0.5) is 0 Å². The summed E-state index contributed by atoms with van der Waals surface area (Å²) in [7, 11) is 0. The summed E-state index contributed by atoms with van der Waals surface area (Å²) in [5, 5.41) is 9.09. The minimum atomic E-state index is -0.838. The van der Waals surface area contributed by atoms with Gasteiger partial charge in [-0.3, -0.25) is 0 Å². The lowest BCUT2D eigenvalue weighted by Gasteiger charge is -2.39. The molecule has 1 aliphatic rings. The van der Waals surface area contributed by atoms with Crippen LogP contribution in [0.2, 0.25) is 0 Å². The first-order valence-corrected chi connectivity index (χ1v) is 6.62. The molecule has 0 aromatic heterocycles. The zero-order chi connectivity index (χ0) is 13.6. The molecule has 1 aromatic carbocycles. The molecular weight excluding hydrogens is 224 g/mol. The second-order valence-electron chi connectivity index (χ2n) is 6.40. The summed E-state index contributed by atoms with van der Waals surface area (Å²) < 4.78 is 0. The van der Waals surface area contributed by atoms with E-state index in [0.29, 0.717) is 5.56 Å². The number of aromatic carboxylic acids is 1. The van der Waals surface area contributed by atoms with Gasteiger partial charge in [0.05, 0.1) is 5.56 Å². The fourth-order valence-corrected chi connectivity index (χ4v) is 3.28. The molecule has 1 atom stereocenters.